The average molecular weight is 282 g/mol. The fourth-order valence-corrected chi connectivity index (χ4v) is 4.21. The molecule has 1 fully saturated rings. The minimum atomic E-state index is -3.47. The van der Waals surface area contributed by atoms with Gasteiger partial charge in [-0.05, 0) is 49.4 Å². The molecular formula is C14H22N2O2S. The van der Waals surface area contributed by atoms with E-state index in [2.05, 4.69) is 11.6 Å². The highest BCUT2D eigenvalue weighted by molar-refractivity contribution is 7.89. The first-order valence-corrected chi connectivity index (χ1v) is 8.26. The Morgan fingerprint density at radius 1 is 1.21 bits per heavy atom. The van der Waals surface area contributed by atoms with Gasteiger partial charge < -0.3 is 5.73 Å². The lowest BCUT2D eigenvalue weighted by atomic mass is 9.87. The summed E-state index contributed by atoms with van der Waals surface area (Å²) in [4.78, 5) is 0.266. The van der Waals surface area contributed by atoms with E-state index in [9.17, 15) is 8.42 Å². The van der Waals surface area contributed by atoms with Gasteiger partial charge in [-0.15, -0.1) is 0 Å². The Hall–Kier alpha value is -1.07. The van der Waals surface area contributed by atoms with Gasteiger partial charge in [-0.25, -0.2) is 13.1 Å². The Kier molecular flexibility index (Phi) is 4.16. The molecule has 0 spiro atoms. The van der Waals surface area contributed by atoms with Crippen LogP contribution in [0.25, 0.3) is 0 Å². The molecule has 0 radical (unpaired) electrons. The van der Waals surface area contributed by atoms with E-state index in [1.807, 2.05) is 6.92 Å². The van der Waals surface area contributed by atoms with Gasteiger partial charge >= 0.3 is 0 Å². The van der Waals surface area contributed by atoms with E-state index in [4.69, 9.17) is 5.73 Å². The van der Waals surface area contributed by atoms with Gasteiger partial charge in [0.15, 0.2) is 0 Å². The van der Waals surface area contributed by atoms with Gasteiger partial charge in [0.05, 0.1) is 4.90 Å². The van der Waals surface area contributed by atoms with E-state index in [-0.39, 0.29) is 10.9 Å². The predicted octanol–water partition coefficient (Wildman–Crippen LogP) is 2.43. The molecule has 0 bridgehead atoms. The molecule has 4 nitrogen and oxygen atoms in total. The van der Waals surface area contributed by atoms with Gasteiger partial charge in [0.25, 0.3) is 0 Å². The molecule has 1 saturated carbocycles. The van der Waals surface area contributed by atoms with Gasteiger partial charge in [-0.3, -0.25) is 0 Å². The van der Waals surface area contributed by atoms with Crippen LogP contribution in [0.5, 0.6) is 0 Å². The summed E-state index contributed by atoms with van der Waals surface area (Å²) in [6.07, 6.45) is 4.29. The second-order valence-electron chi connectivity index (χ2n) is 5.57. The van der Waals surface area contributed by atoms with Crippen LogP contribution in [0.4, 0.5) is 5.69 Å². The zero-order valence-electron chi connectivity index (χ0n) is 11.5. The third-order valence-electron chi connectivity index (χ3n) is 3.80. The van der Waals surface area contributed by atoms with Crippen molar-refractivity contribution in [1.29, 1.82) is 0 Å². The van der Waals surface area contributed by atoms with Crippen molar-refractivity contribution in [3.05, 3.63) is 23.8 Å². The minimum absolute atomic E-state index is 0.0421. The van der Waals surface area contributed by atoms with Crippen LogP contribution in [-0.4, -0.2) is 14.5 Å². The number of sulfonamides is 1. The van der Waals surface area contributed by atoms with E-state index in [1.165, 1.54) is 12.5 Å². The Labute approximate surface area is 115 Å². The second-order valence-corrected chi connectivity index (χ2v) is 7.28. The molecule has 2 atom stereocenters. The van der Waals surface area contributed by atoms with Crippen LogP contribution in [0.2, 0.25) is 0 Å². The Morgan fingerprint density at radius 2 is 1.89 bits per heavy atom. The van der Waals surface area contributed by atoms with Crippen molar-refractivity contribution < 1.29 is 8.42 Å². The highest BCUT2D eigenvalue weighted by Gasteiger charge is 2.26. The molecule has 1 aliphatic carbocycles. The Morgan fingerprint density at radius 3 is 2.53 bits per heavy atom. The van der Waals surface area contributed by atoms with Crippen molar-refractivity contribution in [3.63, 3.8) is 0 Å². The first-order chi connectivity index (χ1) is 8.88. The van der Waals surface area contributed by atoms with Crippen LogP contribution in [0, 0.1) is 12.8 Å². The number of nitrogens with one attached hydrogen (secondary N) is 1. The highest BCUT2D eigenvalue weighted by Crippen LogP contribution is 2.26. The molecule has 2 rings (SSSR count). The molecule has 1 aliphatic rings. The van der Waals surface area contributed by atoms with E-state index in [0.29, 0.717) is 11.6 Å². The first kappa shape index (κ1) is 14.3. The smallest absolute Gasteiger partial charge is 0.240 e. The van der Waals surface area contributed by atoms with Crippen molar-refractivity contribution in [2.45, 2.75) is 50.5 Å². The van der Waals surface area contributed by atoms with Crippen molar-refractivity contribution >= 4 is 15.7 Å². The molecule has 0 aliphatic heterocycles. The average Bonchev–Trinajstić information content (AvgIpc) is 2.31. The predicted molar refractivity (Wildman–Crippen MR) is 77.3 cm³/mol. The van der Waals surface area contributed by atoms with Crippen LogP contribution in [-0.2, 0) is 10.0 Å². The number of rotatable bonds is 3. The number of anilines is 1. The zero-order chi connectivity index (χ0) is 14.0. The molecule has 1 aromatic carbocycles. The maximum absolute atomic E-state index is 12.4. The largest absolute Gasteiger partial charge is 0.399 e. The maximum atomic E-state index is 12.4. The molecule has 0 saturated heterocycles. The van der Waals surface area contributed by atoms with Crippen LogP contribution in [0.15, 0.2) is 23.1 Å². The van der Waals surface area contributed by atoms with E-state index < -0.39 is 10.0 Å². The van der Waals surface area contributed by atoms with Crippen LogP contribution < -0.4 is 10.5 Å². The first-order valence-electron chi connectivity index (χ1n) is 6.78. The third-order valence-corrected chi connectivity index (χ3v) is 5.27. The summed E-state index contributed by atoms with van der Waals surface area (Å²) >= 11 is 0. The topological polar surface area (TPSA) is 72.2 Å². The number of nitrogens with two attached hydrogens (primary N) is 1. The van der Waals surface area contributed by atoms with Crippen molar-refractivity contribution in [1.82, 2.24) is 4.72 Å². The quantitative estimate of drug-likeness (QED) is 0.836. The highest BCUT2D eigenvalue weighted by atomic mass is 32.2. The summed E-state index contributed by atoms with van der Waals surface area (Å²) in [5.41, 5.74) is 7.07. The van der Waals surface area contributed by atoms with Crippen molar-refractivity contribution in [3.8, 4) is 0 Å². The molecule has 3 N–H and O–H groups in total. The zero-order valence-corrected chi connectivity index (χ0v) is 12.3. The maximum Gasteiger partial charge on any atom is 0.240 e. The summed E-state index contributed by atoms with van der Waals surface area (Å²) in [5, 5.41) is 0. The lowest BCUT2D eigenvalue weighted by Crippen LogP contribution is -2.41. The molecule has 19 heavy (non-hydrogen) atoms. The number of hydrogen-bond donors (Lipinski definition) is 2. The molecule has 106 valence electrons. The molecular weight excluding hydrogens is 260 g/mol. The van der Waals surface area contributed by atoms with Crippen molar-refractivity contribution in [2.75, 3.05) is 5.73 Å². The molecule has 0 amide bonds. The Bertz CT molecular complexity index is 534. The van der Waals surface area contributed by atoms with Gasteiger partial charge in [-0.1, -0.05) is 19.8 Å². The molecule has 1 aromatic rings. The number of nitrogen functional groups attached to an aromatic ring is 1. The number of hydrogen-bond acceptors (Lipinski definition) is 3. The van der Waals surface area contributed by atoms with E-state index in [0.717, 1.165) is 24.8 Å². The normalized spacial score (nSPS) is 24.3. The summed E-state index contributed by atoms with van der Waals surface area (Å²) < 4.78 is 27.6. The third kappa shape index (κ3) is 3.48. The van der Waals surface area contributed by atoms with Gasteiger partial charge in [0.1, 0.15) is 0 Å². The SMILES string of the molecule is Cc1cc(N)cc(S(=O)(=O)NC2CCCCC2C)c1. The summed E-state index contributed by atoms with van der Waals surface area (Å²) in [6, 6.07) is 4.98. The molecule has 5 heteroatoms. The van der Waals surface area contributed by atoms with E-state index >= 15 is 0 Å². The lowest BCUT2D eigenvalue weighted by molar-refractivity contribution is 0.310. The minimum Gasteiger partial charge on any atom is -0.399 e. The summed E-state index contributed by atoms with van der Waals surface area (Å²) in [5.74, 6) is 0.394. The van der Waals surface area contributed by atoms with Gasteiger partial charge in [0.2, 0.25) is 10.0 Å². The van der Waals surface area contributed by atoms with Crippen molar-refractivity contribution in [2.24, 2.45) is 5.92 Å². The van der Waals surface area contributed by atoms with E-state index in [1.54, 1.807) is 12.1 Å². The molecule has 0 aromatic heterocycles. The number of aryl methyl sites for hydroxylation is 1. The molecule has 0 heterocycles. The fourth-order valence-electron chi connectivity index (χ4n) is 2.69. The van der Waals surface area contributed by atoms with Crippen LogP contribution in [0.1, 0.15) is 38.2 Å². The van der Waals surface area contributed by atoms with Gasteiger partial charge in [-0.2, -0.15) is 0 Å². The lowest BCUT2D eigenvalue weighted by Gasteiger charge is -2.29. The summed E-state index contributed by atoms with van der Waals surface area (Å²) in [6.45, 7) is 3.95. The fraction of sp³-hybridized carbons (Fsp3) is 0.571. The summed E-state index contributed by atoms with van der Waals surface area (Å²) in [7, 11) is -3.47. The number of benzene rings is 1. The second kappa shape index (κ2) is 5.51. The van der Waals surface area contributed by atoms with Crippen LogP contribution in [0.3, 0.4) is 0 Å². The standard InChI is InChI=1S/C14H22N2O2S/c1-10-7-12(15)9-13(8-10)19(17,18)16-14-6-4-3-5-11(14)2/h7-9,11,14,16H,3-6,15H2,1-2H3. The Balaban J connectivity index is 2.22. The monoisotopic (exact) mass is 282 g/mol. The van der Waals surface area contributed by atoms with Gasteiger partial charge in [0, 0.05) is 11.7 Å². The molecule has 2 unspecified atom stereocenters. The van der Waals surface area contributed by atoms with Crippen LogP contribution >= 0.6 is 0 Å².